The molecule has 3 unspecified atom stereocenters. The third-order valence-corrected chi connectivity index (χ3v) is 2.97. The lowest BCUT2D eigenvalue weighted by Gasteiger charge is -2.24. The predicted molar refractivity (Wildman–Crippen MR) is 47.4 cm³/mol. The Morgan fingerprint density at radius 2 is 1.73 bits per heavy atom. The lowest BCUT2D eigenvalue weighted by Crippen LogP contribution is -2.20. The molecule has 0 heterocycles. The summed E-state index contributed by atoms with van der Waals surface area (Å²) in [5.41, 5.74) is 0. The fourth-order valence-electron chi connectivity index (χ4n) is 1.84. The molecule has 0 aromatic rings. The molecule has 1 N–H and O–H groups in total. The van der Waals surface area contributed by atoms with Crippen molar-refractivity contribution in [2.75, 3.05) is 0 Å². The van der Waals surface area contributed by atoms with Crippen LogP contribution in [0.4, 0.5) is 0 Å². The minimum Gasteiger partial charge on any atom is -0.393 e. The second kappa shape index (κ2) is 4.10. The molecular weight excluding hydrogens is 136 g/mol. The van der Waals surface area contributed by atoms with Crippen molar-refractivity contribution in [3.05, 3.63) is 0 Å². The van der Waals surface area contributed by atoms with Gasteiger partial charge in [0.2, 0.25) is 0 Å². The molecule has 1 nitrogen and oxygen atoms in total. The van der Waals surface area contributed by atoms with Gasteiger partial charge in [-0.3, -0.25) is 0 Å². The predicted octanol–water partition coefficient (Wildman–Crippen LogP) is 2.58. The van der Waals surface area contributed by atoms with Gasteiger partial charge in [0.25, 0.3) is 0 Å². The van der Waals surface area contributed by atoms with Crippen LogP contribution in [0.15, 0.2) is 0 Å². The van der Waals surface area contributed by atoms with E-state index in [2.05, 4.69) is 13.8 Å². The third-order valence-electron chi connectivity index (χ3n) is 2.97. The largest absolute Gasteiger partial charge is 0.393 e. The Labute approximate surface area is 69.8 Å². The van der Waals surface area contributed by atoms with E-state index in [-0.39, 0.29) is 6.10 Å². The summed E-state index contributed by atoms with van der Waals surface area (Å²) in [6, 6.07) is 0. The summed E-state index contributed by atoms with van der Waals surface area (Å²) in [7, 11) is 0. The topological polar surface area (TPSA) is 20.2 Å². The van der Waals surface area contributed by atoms with Crippen LogP contribution in [0.3, 0.4) is 0 Å². The molecule has 1 saturated carbocycles. The van der Waals surface area contributed by atoms with E-state index in [9.17, 15) is 5.11 Å². The molecule has 0 aliphatic heterocycles. The minimum atomic E-state index is -0.0255. The monoisotopic (exact) mass is 156 g/mol. The normalized spacial score (nSPS) is 41.2. The highest BCUT2D eigenvalue weighted by molar-refractivity contribution is 4.70. The zero-order valence-electron chi connectivity index (χ0n) is 7.71. The Hall–Kier alpha value is -0.0400. The van der Waals surface area contributed by atoms with Crippen LogP contribution in [0.25, 0.3) is 0 Å². The molecule has 1 aliphatic rings. The van der Waals surface area contributed by atoms with Gasteiger partial charge in [0, 0.05) is 0 Å². The maximum atomic E-state index is 9.57. The van der Waals surface area contributed by atoms with Crippen molar-refractivity contribution in [2.45, 2.75) is 52.1 Å². The second-order valence-electron chi connectivity index (χ2n) is 4.16. The van der Waals surface area contributed by atoms with Gasteiger partial charge < -0.3 is 5.11 Å². The van der Waals surface area contributed by atoms with E-state index >= 15 is 0 Å². The highest BCUT2D eigenvalue weighted by atomic mass is 16.3. The molecule has 1 fully saturated rings. The summed E-state index contributed by atoms with van der Waals surface area (Å²) >= 11 is 0. The number of hydrogen-bond acceptors (Lipinski definition) is 1. The molecule has 1 aliphatic carbocycles. The Morgan fingerprint density at radius 3 is 2.45 bits per heavy atom. The van der Waals surface area contributed by atoms with Crippen molar-refractivity contribution in [1.29, 1.82) is 0 Å². The Morgan fingerprint density at radius 1 is 1.00 bits per heavy atom. The number of rotatable bonds is 0. The van der Waals surface area contributed by atoms with Gasteiger partial charge >= 0.3 is 0 Å². The standard InChI is InChI=1S/C10H20O/c1-8-4-3-5-10(11)9(2)7-6-8/h8-11H,3-7H2,1-2H3. The zero-order valence-corrected chi connectivity index (χ0v) is 7.71. The Balaban J connectivity index is 2.34. The van der Waals surface area contributed by atoms with Crippen molar-refractivity contribution >= 4 is 0 Å². The van der Waals surface area contributed by atoms with Gasteiger partial charge in [-0.1, -0.05) is 33.1 Å². The van der Waals surface area contributed by atoms with Crippen LogP contribution in [0, 0.1) is 11.8 Å². The van der Waals surface area contributed by atoms with Gasteiger partial charge in [-0.05, 0) is 24.7 Å². The molecule has 0 bridgehead atoms. The molecule has 3 atom stereocenters. The molecule has 11 heavy (non-hydrogen) atoms. The molecular formula is C10H20O. The van der Waals surface area contributed by atoms with Crippen LogP contribution in [-0.4, -0.2) is 11.2 Å². The molecule has 1 rings (SSSR count). The quantitative estimate of drug-likeness (QED) is 0.571. The van der Waals surface area contributed by atoms with Crippen LogP contribution in [0.5, 0.6) is 0 Å². The van der Waals surface area contributed by atoms with E-state index < -0.39 is 0 Å². The molecule has 0 radical (unpaired) electrons. The molecule has 0 aromatic carbocycles. The Kier molecular flexibility index (Phi) is 3.38. The molecule has 0 amide bonds. The summed E-state index contributed by atoms with van der Waals surface area (Å²) in [5.74, 6) is 1.41. The van der Waals surface area contributed by atoms with Gasteiger partial charge in [0.1, 0.15) is 0 Å². The van der Waals surface area contributed by atoms with Crippen LogP contribution in [0.1, 0.15) is 46.0 Å². The minimum absolute atomic E-state index is 0.0255. The molecule has 66 valence electrons. The van der Waals surface area contributed by atoms with Crippen molar-refractivity contribution < 1.29 is 5.11 Å². The van der Waals surface area contributed by atoms with Gasteiger partial charge in [-0.25, -0.2) is 0 Å². The van der Waals surface area contributed by atoms with Crippen LogP contribution < -0.4 is 0 Å². The number of aliphatic hydroxyl groups is 1. The SMILES string of the molecule is CC1CCCC(O)C(C)CC1. The van der Waals surface area contributed by atoms with Gasteiger partial charge in [-0.15, -0.1) is 0 Å². The van der Waals surface area contributed by atoms with Crippen molar-refractivity contribution in [3.63, 3.8) is 0 Å². The average Bonchev–Trinajstić information content (AvgIpc) is 1.98. The van der Waals surface area contributed by atoms with Crippen molar-refractivity contribution in [1.82, 2.24) is 0 Å². The maximum Gasteiger partial charge on any atom is 0.0565 e. The fraction of sp³-hybridized carbons (Fsp3) is 1.00. The summed E-state index contributed by atoms with van der Waals surface area (Å²) in [4.78, 5) is 0. The summed E-state index contributed by atoms with van der Waals surface area (Å²) in [6.45, 7) is 4.49. The third kappa shape index (κ3) is 2.82. The highest BCUT2D eigenvalue weighted by Gasteiger charge is 2.18. The van der Waals surface area contributed by atoms with Crippen LogP contribution in [0.2, 0.25) is 0 Å². The van der Waals surface area contributed by atoms with Crippen LogP contribution >= 0.6 is 0 Å². The van der Waals surface area contributed by atoms with E-state index in [0.29, 0.717) is 5.92 Å². The highest BCUT2D eigenvalue weighted by Crippen LogP contribution is 2.25. The van der Waals surface area contributed by atoms with Gasteiger partial charge in [0.05, 0.1) is 6.10 Å². The first-order chi connectivity index (χ1) is 5.20. The number of hydrogen-bond donors (Lipinski definition) is 1. The van der Waals surface area contributed by atoms with E-state index in [1.807, 2.05) is 0 Å². The van der Waals surface area contributed by atoms with E-state index in [1.54, 1.807) is 0 Å². The molecule has 0 saturated heterocycles. The number of aliphatic hydroxyl groups excluding tert-OH is 1. The summed E-state index contributed by atoms with van der Waals surface area (Å²) in [5, 5.41) is 9.57. The van der Waals surface area contributed by atoms with E-state index in [4.69, 9.17) is 0 Å². The summed E-state index contributed by atoms with van der Waals surface area (Å²) < 4.78 is 0. The molecule has 0 aromatic heterocycles. The second-order valence-corrected chi connectivity index (χ2v) is 4.16. The lowest BCUT2D eigenvalue weighted by molar-refractivity contribution is 0.0868. The maximum absolute atomic E-state index is 9.57. The molecule has 0 spiro atoms. The average molecular weight is 156 g/mol. The zero-order chi connectivity index (χ0) is 8.27. The molecule has 1 heteroatoms. The first kappa shape index (κ1) is 9.05. The van der Waals surface area contributed by atoms with E-state index in [1.165, 1.54) is 25.7 Å². The first-order valence-electron chi connectivity index (χ1n) is 4.88. The summed E-state index contributed by atoms with van der Waals surface area (Å²) in [6.07, 6.45) is 6.03. The van der Waals surface area contributed by atoms with Gasteiger partial charge in [-0.2, -0.15) is 0 Å². The van der Waals surface area contributed by atoms with Crippen molar-refractivity contribution in [3.8, 4) is 0 Å². The first-order valence-corrected chi connectivity index (χ1v) is 4.88. The Bertz CT molecular complexity index is 111. The van der Waals surface area contributed by atoms with Gasteiger partial charge in [0.15, 0.2) is 0 Å². The fourth-order valence-corrected chi connectivity index (χ4v) is 1.84. The lowest BCUT2D eigenvalue weighted by atomic mass is 9.85. The van der Waals surface area contributed by atoms with Crippen molar-refractivity contribution in [2.24, 2.45) is 11.8 Å². The smallest absolute Gasteiger partial charge is 0.0565 e. The van der Waals surface area contributed by atoms with Crippen LogP contribution in [-0.2, 0) is 0 Å². The van der Waals surface area contributed by atoms with E-state index in [0.717, 1.165) is 12.3 Å².